The van der Waals surface area contributed by atoms with Crippen LogP contribution in [0.1, 0.15) is 10.4 Å². The van der Waals surface area contributed by atoms with Crippen molar-refractivity contribution in [1.82, 2.24) is 4.90 Å². The van der Waals surface area contributed by atoms with Crippen LogP contribution >= 0.6 is 15.9 Å². The fraction of sp³-hybridized carbons (Fsp3) is 0.417. The number of aliphatic hydroxyl groups excluding tert-OH is 1. The number of methoxy groups -OCH3 is 1. The number of ether oxygens (including phenoxy) is 1. The molecule has 0 aromatic heterocycles. The van der Waals surface area contributed by atoms with Gasteiger partial charge in [-0.2, -0.15) is 0 Å². The molecule has 0 saturated carbocycles. The fourth-order valence-corrected chi connectivity index (χ4v) is 2.01. The molecule has 0 aliphatic heterocycles. The predicted molar refractivity (Wildman–Crippen MR) is 69.0 cm³/mol. The lowest BCUT2D eigenvalue weighted by Crippen LogP contribution is -2.36. The number of aliphatic hydroxyl groups is 1. The number of nitrogens with zero attached hydrogens (tertiary/aromatic N) is 1. The van der Waals surface area contributed by atoms with Crippen LogP contribution in [0.25, 0.3) is 0 Å². The molecule has 6 heteroatoms. The monoisotopic (exact) mass is 319 g/mol. The first kappa shape index (κ1) is 15.1. The third-order valence-electron chi connectivity index (χ3n) is 2.40. The van der Waals surface area contributed by atoms with Crippen molar-refractivity contribution in [3.05, 3.63) is 34.1 Å². The molecular formula is C12H15BrFNO3. The average molecular weight is 320 g/mol. The van der Waals surface area contributed by atoms with Gasteiger partial charge in [0.25, 0.3) is 5.91 Å². The van der Waals surface area contributed by atoms with Gasteiger partial charge in [0, 0.05) is 24.7 Å². The van der Waals surface area contributed by atoms with Gasteiger partial charge in [0.15, 0.2) is 0 Å². The number of halogens is 2. The minimum absolute atomic E-state index is 0.0259. The molecule has 4 nitrogen and oxygen atoms in total. The third-order valence-corrected chi connectivity index (χ3v) is 3.06. The summed E-state index contributed by atoms with van der Waals surface area (Å²) in [5, 5.41) is 8.93. The molecule has 1 rings (SSSR count). The molecule has 18 heavy (non-hydrogen) atoms. The molecule has 0 unspecified atom stereocenters. The number of carbonyl (C=O) groups is 1. The molecule has 0 spiro atoms. The number of rotatable bonds is 6. The number of amides is 1. The van der Waals surface area contributed by atoms with E-state index in [-0.39, 0.29) is 18.7 Å². The van der Waals surface area contributed by atoms with Gasteiger partial charge in [-0.15, -0.1) is 0 Å². The molecular weight excluding hydrogens is 305 g/mol. The van der Waals surface area contributed by atoms with Crippen molar-refractivity contribution in [2.45, 2.75) is 0 Å². The largest absolute Gasteiger partial charge is 0.395 e. The molecule has 0 aliphatic rings. The van der Waals surface area contributed by atoms with E-state index in [2.05, 4.69) is 15.9 Å². The van der Waals surface area contributed by atoms with Crippen LogP contribution in [0.2, 0.25) is 0 Å². The van der Waals surface area contributed by atoms with Crippen LogP contribution in [0.4, 0.5) is 4.39 Å². The summed E-state index contributed by atoms with van der Waals surface area (Å²) in [6.45, 7) is 0.596. The van der Waals surface area contributed by atoms with Gasteiger partial charge in [0.05, 0.1) is 18.8 Å². The lowest BCUT2D eigenvalue weighted by Gasteiger charge is -2.22. The first-order valence-electron chi connectivity index (χ1n) is 5.45. The Bertz CT molecular complexity index is 394. The van der Waals surface area contributed by atoms with Gasteiger partial charge < -0.3 is 14.7 Å². The van der Waals surface area contributed by atoms with Crippen LogP contribution in [0.5, 0.6) is 0 Å². The summed E-state index contributed by atoms with van der Waals surface area (Å²) in [5.74, 6) is -1.05. The van der Waals surface area contributed by atoms with E-state index in [1.54, 1.807) is 6.07 Å². The van der Waals surface area contributed by atoms with E-state index in [9.17, 15) is 9.18 Å². The summed E-state index contributed by atoms with van der Waals surface area (Å²) in [6.07, 6.45) is 0. The van der Waals surface area contributed by atoms with Gasteiger partial charge in [-0.3, -0.25) is 4.79 Å². The summed E-state index contributed by atoms with van der Waals surface area (Å²) >= 11 is 3.15. The van der Waals surface area contributed by atoms with Crippen LogP contribution in [0.15, 0.2) is 22.7 Å². The summed E-state index contributed by atoms with van der Waals surface area (Å²) in [4.78, 5) is 13.5. The Labute approximate surface area is 113 Å². The minimum Gasteiger partial charge on any atom is -0.395 e. The second kappa shape index (κ2) is 7.45. The van der Waals surface area contributed by atoms with Crippen LogP contribution in [-0.4, -0.2) is 49.3 Å². The second-order valence-corrected chi connectivity index (χ2v) is 4.46. The van der Waals surface area contributed by atoms with Gasteiger partial charge >= 0.3 is 0 Å². The zero-order valence-electron chi connectivity index (χ0n) is 10.0. The van der Waals surface area contributed by atoms with Gasteiger partial charge in [0.2, 0.25) is 0 Å². The lowest BCUT2D eigenvalue weighted by molar-refractivity contribution is 0.0651. The molecule has 0 bridgehead atoms. The molecule has 100 valence electrons. The number of carbonyl (C=O) groups excluding carboxylic acids is 1. The van der Waals surface area contributed by atoms with Crippen LogP contribution < -0.4 is 0 Å². The van der Waals surface area contributed by atoms with Gasteiger partial charge in [-0.1, -0.05) is 6.07 Å². The van der Waals surface area contributed by atoms with E-state index in [0.717, 1.165) is 0 Å². The highest BCUT2D eigenvalue weighted by Crippen LogP contribution is 2.21. The van der Waals surface area contributed by atoms with Crippen LogP contribution in [0, 0.1) is 5.82 Å². The molecule has 0 heterocycles. The standard InChI is InChI=1S/C12H15BrFNO3/c1-18-8-6-15(5-7-16)12(17)11-9(13)3-2-4-10(11)14/h2-4,16H,5-8H2,1H3. The molecule has 0 fully saturated rings. The summed E-state index contributed by atoms with van der Waals surface area (Å²) < 4.78 is 18.9. The number of hydrogen-bond acceptors (Lipinski definition) is 3. The second-order valence-electron chi connectivity index (χ2n) is 3.61. The highest BCUT2D eigenvalue weighted by molar-refractivity contribution is 9.10. The molecule has 0 aliphatic carbocycles. The van der Waals surface area contributed by atoms with Crippen LogP contribution in [-0.2, 0) is 4.74 Å². The number of benzene rings is 1. The zero-order valence-corrected chi connectivity index (χ0v) is 11.6. The van der Waals surface area contributed by atoms with Crippen LogP contribution in [0.3, 0.4) is 0 Å². The van der Waals surface area contributed by atoms with Gasteiger partial charge in [-0.05, 0) is 28.1 Å². The predicted octanol–water partition coefficient (Wildman–Crippen LogP) is 1.67. The quantitative estimate of drug-likeness (QED) is 0.867. The van der Waals surface area contributed by atoms with E-state index in [4.69, 9.17) is 9.84 Å². The van der Waals surface area contributed by atoms with Crippen molar-refractivity contribution < 1.29 is 19.0 Å². The van der Waals surface area contributed by atoms with E-state index in [0.29, 0.717) is 17.6 Å². The normalized spacial score (nSPS) is 10.4. The van der Waals surface area contributed by atoms with E-state index < -0.39 is 11.7 Å². The van der Waals surface area contributed by atoms with Crippen molar-refractivity contribution in [2.24, 2.45) is 0 Å². The Balaban J connectivity index is 2.94. The zero-order chi connectivity index (χ0) is 13.5. The highest BCUT2D eigenvalue weighted by Gasteiger charge is 2.21. The van der Waals surface area contributed by atoms with Crippen molar-refractivity contribution in [3.63, 3.8) is 0 Å². The average Bonchev–Trinajstić information content (AvgIpc) is 2.34. The summed E-state index contributed by atoms with van der Waals surface area (Å²) in [7, 11) is 1.51. The fourth-order valence-electron chi connectivity index (χ4n) is 1.50. The van der Waals surface area contributed by atoms with E-state index in [1.807, 2.05) is 0 Å². The summed E-state index contributed by atoms with van der Waals surface area (Å²) in [5.41, 5.74) is -0.0259. The van der Waals surface area contributed by atoms with Crippen molar-refractivity contribution >= 4 is 21.8 Å². The van der Waals surface area contributed by atoms with E-state index >= 15 is 0 Å². The molecule has 1 aromatic rings. The Morgan fingerprint density at radius 1 is 1.50 bits per heavy atom. The SMILES string of the molecule is COCCN(CCO)C(=O)c1c(F)cccc1Br. The van der Waals surface area contributed by atoms with Gasteiger partial charge in [-0.25, -0.2) is 4.39 Å². The topological polar surface area (TPSA) is 49.8 Å². The van der Waals surface area contributed by atoms with Crippen molar-refractivity contribution in [1.29, 1.82) is 0 Å². The Morgan fingerprint density at radius 2 is 2.22 bits per heavy atom. The maximum absolute atomic E-state index is 13.7. The Kier molecular flexibility index (Phi) is 6.24. The molecule has 1 aromatic carbocycles. The van der Waals surface area contributed by atoms with Gasteiger partial charge in [0.1, 0.15) is 5.82 Å². The third kappa shape index (κ3) is 3.76. The Hall–Kier alpha value is -0.980. The highest BCUT2D eigenvalue weighted by atomic mass is 79.9. The maximum atomic E-state index is 13.7. The van der Waals surface area contributed by atoms with Crippen molar-refractivity contribution in [3.8, 4) is 0 Å². The lowest BCUT2D eigenvalue weighted by atomic mass is 10.2. The first-order chi connectivity index (χ1) is 8.61. The molecule has 1 amide bonds. The first-order valence-corrected chi connectivity index (χ1v) is 6.24. The molecule has 0 radical (unpaired) electrons. The van der Waals surface area contributed by atoms with Crippen molar-refractivity contribution in [2.75, 3.05) is 33.4 Å². The smallest absolute Gasteiger partial charge is 0.258 e. The molecule has 0 atom stereocenters. The summed E-state index contributed by atoms with van der Waals surface area (Å²) in [6, 6.07) is 4.34. The maximum Gasteiger partial charge on any atom is 0.258 e. The Morgan fingerprint density at radius 3 is 2.78 bits per heavy atom. The molecule has 1 N–H and O–H groups in total. The number of hydrogen-bond donors (Lipinski definition) is 1. The van der Waals surface area contributed by atoms with E-state index in [1.165, 1.54) is 24.1 Å². The minimum atomic E-state index is -0.588. The molecule has 0 saturated heterocycles.